The van der Waals surface area contributed by atoms with Crippen LogP contribution in [0.5, 0.6) is 11.5 Å². The van der Waals surface area contributed by atoms with E-state index in [2.05, 4.69) is 4.98 Å². The lowest BCUT2D eigenvalue weighted by atomic mass is 10.2. The molecule has 6 nitrogen and oxygen atoms in total. The van der Waals surface area contributed by atoms with Gasteiger partial charge in [-0.15, -0.1) is 11.6 Å². The minimum atomic E-state index is -0.549. The number of carbonyl (C=O) groups excluding carboxylic acids is 1. The first kappa shape index (κ1) is 14.5. The third-order valence-electron chi connectivity index (χ3n) is 3.19. The maximum absolute atomic E-state index is 11.5. The highest BCUT2D eigenvalue weighted by atomic mass is 35.5. The molecule has 0 aliphatic carbocycles. The molecule has 20 heavy (non-hydrogen) atoms. The highest BCUT2D eigenvalue weighted by Gasteiger charge is 2.21. The van der Waals surface area contributed by atoms with Crippen LogP contribution in [0.2, 0.25) is 0 Å². The Balaban J connectivity index is 2.74. The van der Waals surface area contributed by atoms with E-state index in [1.54, 1.807) is 37.8 Å². The van der Waals surface area contributed by atoms with Gasteiger partial charge in [-0.2, -0.15) is 0 Å². The first-order chi connectivity index (χ1) is 9.53. The summed E-state index contributed by atoms with van der Waals surface area (Å²) in [5, 5.41) is 0. The Morgan fingerprint density at radius 1 is 1.40 bits per heavy atom. The molecule has 0 fully saturated rings. The third kappa shape index (κ3) is 2.27. The number of benzene rings is 1. The summed E-state index contributed by atoms with van der Waals surface area (Å²) >= 11 is 5.90. The number of ether oxygens (including phenoxy) is 2. The summed E-state index contributed by atoms with van der Waals surface area (Å²) < 4.78 is 12.2. The van der Waals surface area contributed by atoms with Crippen molar-refractivity contribution >= 4 is 28.5 Å². The van der Waals surface area contributed by atoms with Gasteiger partial charge in [0.15, 0.2) is 11.5 Å². The molecule has 2 rings (SSSR count). The number of amides is 1. The van der Waals surface area contributed by atoms with Crippen LogP contribution in [0.25, 0.3) is 11.0 Å². The van der Waals surface area contributed by atoms with Crippen molar-refractivity contribution in [3.05, 3.63) is 18.0 Å². The first-order valence-electron chi connectivity index (χ1n) is 6.01. The molecule has 1 aromatic carbocycles. The van der Waals surface area contributed by atoms with E-state index in [4.69, 9.17) is 26.8 Å². The van der Waals surface area contributed by atoms with Crippen LogP contribution in [-0.4, -0.2) is 29.7 Å². The molecule has 0 saturated carbocycles. The molecular weight excluding hydrogens is 282 g/mol. The normalized spacial score (nSPS) is 12.4. The van der Waals surface area contributed by atoms with Gasteiger partial charge in [-0.05, 0) is 6.92 Å². The number of nitrogens with two attached hydrogens (primary N) is 1. The topological polar surface area (TPSA) is 79.4 Å². The molecule has 0 bridgehead atoms. The number of aromatic nitrogens is 2. The molecule has 1 heterocycles. The molecule has 0 aliphatic heterocycles. The van der Waals surface area contributed by atoms with E-state index in [9.17, 15) is 4.79 Å². The quantitative estimate of drug-likeness (QED) is 0.854. The second kappa shape index (κ2) is 5.58. The van der Waals surface area contributed by atoms with Gasteiger partial charge in [0.2, 0.25) is 5.91 Å². The van der Waals surface area contributed by atoms with Crippen molar-refractivity contribution in [3.63, 3.8) is 0 Å². The van der Waals surface area contributed by atoms with Crippen molar-refractivity contribution in [1.29, 1.82) is 0 Å². The lowest BCUT2D eigenvalue weighted by Gasteiger charge is -2.14. The van der Waals surface area contributed by atoms with Crippen LogP contribution >= 0.6 is 11.6 Å². The monoisotopic (exact) mass is 297 g/mol. The Morgan fingerprint density at radius 3 is 2.50 bits per heavy atom. The van der Waals surface area contributed by atoms with Crippen LogP contribution in [0.4, 0.5) is 0 Å². The molecular formula is C13H16ClN3O3. The van der Waals surface area contributed by atoms with E-state index >= 15 is 0 Å². The number of imidazole rings is 1. The minimum absolute atomic E-state index is 0.178. The van der Waals surface area contributed by atoms with Gasteiger partial charge < -0.3 is 19.8 Å². The highest BCUT2D eigenvalue weighted by molar-refractivity contribution is 6.17. The van der Waals surface area contributed by atoms with Gasteiger partial charge in [0.05, 0.1) is 31.1 Å². The summed E-state index contributed by atoms with van der Waals surface area (Å²) in [5.74, 6) is 1.42. The predicted molar refractivity (Wildman–Crippen MR) is 76.3 cm³/mol. The first-order valence-corrected chi connectivity index (χ1v) is 6.55. The van der Waals surface area contributed by atoms with Gasteiger partial charge in [-0.3, -0.25) is 4.79 Å². The van der Waals surface area contributed by atoms with E-state index in [1.807, 2.05) is 0 Å². The van der Waals surface area contributed by atoms with Gasteiger partial charge in [-0.25, -0.2) is 4.98 Å². The zero-order chi connectivity index (χ0) is 14.9. The number of hydrogen-bond donors (Lipinski definition) is 1. The number of rotatable bonds is 5. The standard InChI is InChI=1S/C13H16ClN3O3/c1-7(13(15)18)17-9-5-11(20-3)10(19-2)4-8(9)16-12(17)6-14/h4-5,7H,6H2,1-3H3,(H2,15,18). The van der Waals surface area contributed by atoms with E-state index in [1.165, 1.54) is 0 Å². The number of methoxy groups -OCH3 is 2. The second-order valence-corrected chi connectivity index (χ2v) is 4.57. The van der Waals surface area contributed by atoms with Crippen molar-refractivity contribution in [2.75, 3.05) is 14.2 Å². The number of hydrogen-bond acceptors (Lipinski definition) is 4. The summed E-state index contributed by atoms with van der Waals surface area (Å²) in [5.41, 5.74) is 6.78. The lowest BCUT2D eigenvalue weighted by molar-refractivity contribution is -0.120. The smallest absolute Gasteiger partial charge is 0.240 e. The Hall–Kier alpha value is -1.95. The summed E-state index contributed by atoms with van der Waals surface area (Å²) in [6, 6.07) is 2.96. The zero-order valence-electron chi connectivity index (χ0n) is 11.5. The van der Waals surface area contributed by atoms with Crippen molar-refractivity contribution in [1.82, 2.24) is 9.55 Å². The zero-order valence-corrected chi connectivity index (χ0v) is 12.3. The van der Waals surface area contributed by atoms with Gasteiger partial charge in [0, 0.05) is 12.1 Å². The van der Waals surface area contributed by atoms with Gasteiger partial charge >= 0.3 is 0 Å². The molecule has 1 atom stereocenters. The summed E-state index contributed by atoms with van der Waals surface area (Å²) in [6.45, 7) is 1.70. The molecule has 1 amide bonds. The van der Waals surface area contributed by atoms with Gasteiger partial charge in [-0.1, -0.05) is 0 Å². The molecule has 0 aliphatic rings. The van der Waals surface area contributed by atoms with Crippen LogP contribution < -0.4 is 15.2 Å². The predicted octanol–water partition coefficient (Wildman–Crippen LogP) is 1.84. The number of primary amides is 1. The summed E-state index contributed by atoms with van der Waals surface area (Å²) in [6.07, 6.45) is 0. The maximum atomic E-state index is 11.5. The van der Waals surface area contributed by atoms with Crippen molar-refractivity contribution in [2.45, 2.75) is 18.8 Å². The Labute approximate surface area is 121 Å². The Kier molecular flexibility index (Phi) is 4.04. The molecule has 1 aromatic heterocycles. The van der Waals surface area contributed by atoms with Crippen LogP contribution in [0, 0.1) is 0 Å². The summed E-state index contributed by atoms with van der Waals surface area (Å²) in [7, 11) is 3.10. The van der Waals surface area contributed by atoms with E-state index in [0.29, 0.717) is 22.8 Å². The number of carbonyl (C=O) groups is 1. The van der Waals surface area contributed by atoms with E-state index < -0.39 is 11.9 Å². The summed E-state index contributed by atoms with van der Waals surface area (Å²) in [4.78, 5) is 15.9. The fourth-order valence-electron chi connectivity index (χ4n) is 2.13. The van der Waals surface area contributed by atoms with Crippen molar-refractivity contribution < 1.29 is 14.3 Å². The Morgan fingerprint density at radius 2 is 2.00 bits per heavy atom. The fraction of sp³-hybridized carbons (Fsp3) is 0.385. The molecule has 0 radical (unpaired) electrons. The average molecular weight is 298 g/mol. The van der Waals surface area contributed by atoms with Crippen LogP contribution in [0.3, 0.4) is 0 Å². The molecule has 2 aromatic rings. The minimum Gasteiger partial charge on any atom is -0.493 e. The molecule has 0 spiro atoms. The Bertz CT molecular complexity index is 654. The molecule has 7 heteroatoms. The van der Waals surface area contributed by atoms with Crippen LogP contribution in [-0.2, 0) is 10.7 Å². The van der Waals surface area contributed by atoms with E-state index in [0.717, 1.165) is 5.52 Å². The number of nitrogens with zero attached hydrogens (tertiary/aromatic N) is 2. The maximum Gasteiger partial charge on any atom is 0.240 e. The van der Waals surface area contributed by atoms with E-state index in [-0.39, 0.29) is 5.88 Å². The second-order valence-electron chi connectivity index (χ2n) is 4.31. The molecule has 0 saturated heterocycles. The molecule has 1 unspecified atom stereocenters. The number of alkyl halides is 1. The largest absolute Gasteiger partial charge is 0.493 e. The van der Waals surface area contributed by atoms with Crippen molar-refractivity contribution in [3.8, 4) is 11.5 Å². The lowest BCUT2D eigenvalue weighted by Crippen LogP contribution is -2.25. The van der Waals surface area contributed by atoms with Crippen LogP contribution in [0.15, 0.2) is 12.1 Å². The van der Waals surface area contributed by atoms with Crippen LogP contribution in [0.1, 0.15) is 18.8 Å². The molecule has 108 valence electrons. The number of halogens is 1. The highest BCUT2D eigenvalue weighted by Crippen LogP contribution is 2.33. The third-order valence-corrected chi connectivity index (χ3v) is 3.43. The SMILES string of the molecule is COc1cc2nc(CCl)n(C(C)C(N)=O)c2cc1OC. The van der Waals surface area contributed by atoms with Gasteiger partial charge in [0.25, 0.3) is 0 Å². The average Bonchev–Trinajstić information content (AvgIpc) is 2.81. The van der Waals surface area contributed by atoms with Gasteiger partial charge in [0.1, 0.15) is 11.9 Å². The molecule has 2 N–H and O–H groups in total. The fourth-order valence-corrected chi connectivity index (χ4v) is 2.31. The number of fused-ring (bicyclic) bond motifs is 1. The van der Waals surface area contributed by atoms with Crippen molar-refractivity contribution in [2.24, 2.45) is 5.73 Å².